The number of benzene rings is 1. The van der Waals surface area contributed by atoms with E-state index in [0.29, 0.717) is 6.54 Å². The van der Waals surface area contributed by atoms with Gasteiger partial charge in [0.25, 0.3) is 0 Å². The van der Waals surface area contributed by atoms with E-state index >= 15 is 0 Å². The molecule has 0 saturated heterocycles. The first-order chi connectivity index (χ1) is 14.3. The van der Waals surface area contributed by atoms with Gasteiger partial charge in [-0.1, -0.05) is 11.2 Å². The molecule has 3 aromatic heterocycles. The molecule has 146 valence electrons. The Morgan fingerprint density at radius 2 is 2.14 bits per heavy atom. The maximum absolute atomic E-state index is 9.16. The molecule has 0 aliphatic heterocycles. The molecule has 29 heavy (non-hydrogen) atoms. The van der Waals surface area contributed by atoms with Gasteiger partial charge in [-0.05, 0) is 42.7 Å². The number of anilines is 2. The molecule has 0 unspecified atom stereocenters. The van der Waals surface area contributed by atoms with Crippen LogP contribution in [0.5, 0.6) is 0 Å². The average Bonchev–Trinajstić information content (AvgIpc) is 3.45. The van der Waals surface area contributed by atoms with Crippen LogP contribution in [0.15, 0.2) is 60.3 Å². The van der Waals surface area contributed by atoms with E-state index in [4.69, 9.17) is 15.9 Å². The minimum atomic E-state index is 0.554. The Balaban J connectivity index is 1.61. The standard InChI is InChI=1S/C21H21N7O/c22-7-10-27-9-1-2-18(27)20-21(28-11-8-23-13-19(28)25-20)24-15-4-5-16-14(12-15)3-6-17(16)26-29/h1-2,4-5,8-9,11-13,24,29H,3,6-7,10,22H2/b26-17+. The summed E-state index contributed by atoms with van der Waals surface area (Å²) in [6.45, 7) is 1.27. The third-order valence-electron chi connectivity index (χ3n) is 5.30. The van der Waals surface area contributed by atoms with Gasteiger partial charge in [-0.2, -0.15) is 0 Å². The van der Waals surface area contributed by atoms with Crippen molar-refractivity contribution in [1.82, 2.24) is 18.9 Å². The number of aryl methyl sites for hydroxylation is 1. The van der Waals surface area contributed by atoms with Gasteiger partial charge in [-0.3, -0.25) is 9.38 Å². The van der Waals surface area contributed by atoms with Crippen molar-refractivity contribution in [3.05, 3.63) is 66.2 Å². The molecule has 0 spiro atoms. The van der Waals surface area contributed by atoms with Gasteiger partial charge in [0.05, 0.1) is 17.6 Å². The highest BCUT2D eigenvalue weighted by Crippen LogP contribution is 2.33. The second-order valence-corrected chi connectivity index (χ2v) is 7.03. The molecule has 8 heteroatoms. The molecule has 1 aromatic carbocycles. The smallest absolute Gasteiger partial charge is 0.157 e. The third kappa shape index (κ3) is 2.94. The fraction of sp³-hybridized carbons (Fsp3) is 0.190. The zero-order chi connectivity index (χ0) is 19.8. The Labute approximate surface area is 167 Å². The van der Waals surface area contributed by atoms with Crippen LogP contribution < -0.4 is 11.1 Å². The Kier molecular flexibility index (Phi) is 4.25. The van der Waals surface area contributed by atoms with E-state index in [1.165, 1.54) is 5.56 Å². The number of nitrogens with one attached hydrogen (secondary N) is 1. The first-order valence-corrected chi connectivity index (χ1v) is 9.57. The molecule has 0 saturated carbocycles. The van der Waals surface area contributed by atoms with Crippen LogP contribution in [0.3, 0.4) is 0 Å². The topological polar surface area (TPSA) is 106 Å². The molecule has 5 rings (SSSR count). The highest BCUT2D eigenvalue weighted by atomic mass is 16.4. The largest absolute Gasteiger partial charge is 0.411 e. The summed E-state index contributed by atoms with van der Waals surface area (Å²) in [4.78, 5) is 9.02. The fourth-order valence-corrected chi connectivity index (χ4v) is 3.96. The van der Waals surface area contributed by atoms with Gasteiger partial charge in [0, 0.05) is 42.9 Å². The van der Waals surface area contributed by atoms with Gasteiger partial charge in [0.15, 0.2) is 5.65 Å². The minimum Gasteiger partial charge on any atom is -0.411 e. The number of hydrogen-bond donors (Lipinski definition) is 3. The molecule has 1 aliphatic rings. The zero-order valence-corrected chi connectivity index (χ0v) is 15.8. The van der Waals surface area contributed by atoms with E-state index in [9.17, 15) is 0 Å². The highest BCUT2D eigenvalue weighted by molar-refractivity contribution is 6.04. The number of oxime groups is 1. The van der Waals surface area contributed by atoms with Crippen LogP contribution in [0, 0.1) is 0 Å². The molecule has 0 atom stereocenters. The molecule has 3 heterocycles. The fourth-order valence-electron chi connectivity index (χ4n) is 3.96. The van der Waals surface area contributed by atoms with E-state index in [0.717, 1.165) is 59.2 Å². The van der Waals surface area contributed by atoms with Gasteiger partial charge in [-0.25, -0.2) is 4.98 Å². The predicted octanol–water partition coefficient (Wildman–Crippen LogP) is 3.02. The molecule has 4 aromatic rings. The maximum Gasteiger partial charge on any atom is 0.157 e. The zero-order valence-electron chi connectivity index (χ0n) is 15.8. The molecule has 8 nitrogen and oxygen atoms in total. The van der Waals surface area contributed by atoms with Crippen molar-refractivity contribution in [2.75, 3.05) is 11.9 Å². The lowest BCUT2D eigenvalue weighted by molar-refractivity contribution is 0.318. The number of fused-ring (bicyclic) bond motifs is 2. The van der Waals surface area contributed by atoms with E-state index in [-0.39, 0.29) is 0 Å². The van der Waals surface area contributed by atoms with Crippen molar-refractivity contribution in [3.8, 4) is 11.4 Å². The van der Waals surface area contributed by atoms with E-state index in [2.05, 4.69) is 26.1 Å². The second kappa shape index (κ2) is 7.06. The molecule has 4 N–H and O–H groups in total. The summed E-state index contributed by atoms with van der Waals surface area (Å²) in [6, 6.07) is 10.2. The average molecular weight is 387 g/mol. The van der Waals surface area contributed by atoms with Crippen molar-refractivity contribution < 1.29 is 5.21 Å². The molecule has 0 bridgehead atoms. The summed E-state index contributed by atoms with van der Waals surface area (Å²) >= 11 is 0. The van der Waals surface area contributed by atoms with E-state index in [1.807, 2.05) is 41.1 Å². The van der Waals surface area contributed by atoms with Crippen LogP contribution in [0.2, 0.25) is 0 Å². The van der Waals surface area contributed by atoms with Gasteiger partial charge in [-0.15, -0.1) is 0 Å². The number of imidazole rings is 1. The van der Waals surface area contributed by atoms with Crippen LogP contribution in [-0.4, -0.2) is 36.4 Å². The van der Waals surface area contributed by atoms with Gasteiger partial charge < -0.3 is 20.8 Å². The van der Waals surface area contributed by atoms with Gasteiger partial charge in [0.2, 0.25) is 0 Å². The lowest BCUT2D eigenvalue weighted by atomic mass is 10.1. The molecule has 0 amide bonds. The van der Waals surface area contributed by atoms with Crippen molar-refractivity contribution in [2.24, 2.45) is 10.9 Å². The van der Waals surface area contributed by atoms with Crippen molar-refractivity contribution in [2.45, 2.75) is 19.4 Å². The molecular formula is C21H21N7O. The lowest BCUT2D eigenvalue weighted by Gasteiger charge is -2.12. The van der Waals surface area contributed by atoms with Crippen LogP contribution in [-0.2, 0) is 13.0 Å². The summed E-state index contributed by atoms with van der Waals surface area (Å²) < 4.78 is 4.10. The number of nitrogens with two attached hydrogens (primary N) is 1. The summed E-state index contributed by atoms with van der Waals surface area (Å²) in [5, 5.41) is 16.1. The monoisotopic (exact) mass is 387 g/mol. The lowest BCUT2D eigenvalue weighted by Crippen LogP contribution is -2.10. The second-order valence-electron chi connectivity index (χ2n) is 7.03. The molecular weight excluding hydrogens is 366 g/mol. The Morgan fingerprint density at radius 3 is 3.00 bits per heavy atom. The van der Waals surface area contributed by atoms with E-state index in [1.54, 1.807) is 12.4 Å². The summed E-state index contributed by atoms with van der Waals surface area (Å²) in [7, 11) is 0. The van der Waals surface area contributed by atoms with Crippen LogP contribution in [0.1, 0.15) is 17.5 Å². The Hall–Kier alpha value is -3.65. The van der Waals surface area contributed by atoms with Crippen LogP contribution in [0.4, 0.5) is 11.5 Å². The molecule has 0 radical (unpaired) electrons. The Morgan fingerprint density at radius 1 is 1.21 bits per heavy atom. The van der Waals surface area contributed by atoms with Crippen molar-refractivity contribution in [1.29, 1.82) is 0 Å². The molecule has 0 fully saturated rings. The van der Waals surface area contributed by atoms with Crippen molar-refractivity contribution >= 4 is 22.9 Å². The van der Waals surface area contributed by atoms with E-state index < -0.39 is 0 Å². The SMILES string of the molecule is NCCn1cccc1-c1nc2cnccn2c1Nc1ccc2c(c1)CC/C2=N\O. The molecule has 1 aliphatic carbocycles. The first-order valence-electron chi connectivity index (χ1n) is 9.57. The number of nitrogens with zero attached hydrogens (tertiary/aromatic N) is 5. The number of hydrogen-bond acceptors (Lipinski definition) is 6. The van der Waals surface area contributed by atoms with Crippen LogP contribution >= 0.6 is 0 Å². The van der Waals surface area contributed by atoms with Gasteiger partial charge in [0.1, 0.15) is 11.5 Å². The van der Waals surface area contributed by atoms with Crippen molar-refractivity contribution in [3.63, 3.8) is 0 Å². The highest BCUT2D eigenvalue weighted by Gasteiger charge is 2.20. The predicted molar refractivity (Wildman–Crippen MR) is 112 cm³/mol. The summed E-state index contributed by atoms with van der Waals surface area (Å²) in [5.74, 6) is 0.869. The maximum atomic E-state index is 9.16. The Bertz CT molecular complexity index is 1220. The normalized spacial score (nSPS) is 14.6. The van der Waals surface area contributed by atoms with Gasteiger partial charge >= 0.3 is 0 Å². The number of aromatic nitrogens is 4. The third-order valence-corrected chi connectivity index (χ3v) is 5.30. The van der Waals surface area contributed by atoms with Crippen LogP contribution in [0.25, 0.3) is 17.0 Å². The minimum absolute atomic E-state index is 0.554. The number of rotatable bonds is 5. The summed E-state index contributed by atoms with van der Waals surface area (Å²) in [5.41, 5.74) is 12.3. The summed E-state index contributed by atoms with van der Waals surface area (Å²) in [6.07, 6.45) is 9.03. The first kappa shape index (κ1) is 17.4. The quantitative estimate of drug-likeness (QED) is 0.361.